The molecule has 1 aliphatic rings. The predicted octanol–water partition coefficient (Wildman–Crippen LogP) is 2.30. The average Bonchev–Trinajstić information content (AvgIpc) is 2.31. The molecule has 0 saturated carbocycles. The van der Waals surface area contributed by atoms with Crippen molar-refractivity contribution < 1.29 is 14.7 Å². The minimum absolute atomic E-state index is 0.0262. The van der Waals surface area contributed by atoms with E-state index in [0.29, 0.717) is 0 Å². The number of carbonyl (C=O) groups excluding carboxylic acids is 1. The summed E-state index contributed by atoms with van der Waals surface area (Å²) in [4.78, 5) is 23.3. The third-order valence-corrected chi connectivity index (χ3v) is 3.87. The van der Waals surface area contributed by atoms with Gasteiger partial charge in [0.1, 0.15) is 0 Å². The van der Waals surface area contributed by atoms with Gasteiger partial charge in [-0.15, -0.1) is 11.8 Å². The average molecular weight is 263 g/mol. The summed E-state index contributed by atoms with van der Waals surface area (Å²) in [5, 5.41) is 11.5. The van der Waals surface area contributed by atoms with Crippen molar-refractivity contribution in [2.24, 2.45) is 0 Å². The van der Waals surface area contributed by atoms with Crippen molar-refractivity contribution in [2.45, 2.75) is 23.5 Å². The number of thioether (sulfide) groups is 1. The Morgan fingerprint density at radius 2 is 2.28 bits per heavy atom. The Balaban J connectivity index is 2.22. The molecule has 1 heterocycles. The van der Waals surface area contributed by atoms with E-state index >= 15 is 0 Å². The fraction of sp³-hybridized carbons (Fsp3) is 0.231. The molecule has 1 atom stereocenters. The lowest BCUT2D eigenvalue weighted by Crippen LogP contribution is -2.26. The number of nitrogens with one attached hydrogen (secondary N) is 1. The highest BCUT2D eigenvalue weighted by Gasteiger charge is 2.23. The van der Waals surface area contributed by atoms with Crippen LogP contribution in [0.4, 0.5) is 5.69 Å². The van der Waals surface area contributed by atoms with Crippen molar-refractivity contribution in [2.75, 3.05) is 5.32 Å². The fourth-order valence-corrected chi connectivity index (χ4v) is 2.62. The fourth-order valence-electron chi connectivity index (χ4n) is 1.69. The lowest BCUT2D eigenvalue weighted by molar-refractivity contribution is -0.132. The lowest BCUT2D eigenvalue weighted by atomic mass is 10.1. The standard InChI is InChI=1S/C13H13NO3S/c1-7(13(16)17)5-9-3-4-11-10(6-9)14-12(15)8(2)18-11/h3-4,6,8H,1,5H2,2H3,(H,14,15)(H,16,17). The first-order valence-electron chi connectivity index (χ1n) is 5.49. The van der Waals surface area contributed by atoms with Crippen molar-refractivity contribution in [3.63, 3.8) is 0 Å². The second-order valence-electron chi connectivity index (χ2n) is 4.17. The summed E-state index contributed by atoms with van der Waals surface area (Å²) in [7, 11) is 0. The van der Waals surface area contributed by atoms with Gasteiger partial charge in [0, 0.05) is 16.9 Å². The van der Waals surface area contributed by atoms with Gasteiger partial charge in [-0.2, -0.15) is 0 Å². The lowest BCUT2D eigenvalue weighted by Gasteiger charge is -2.21. The van der Waals surface area contributed by atoms with E-state index in [1.54, 1.807) is 6.07 Å². The predicted molar refractivity (Wildman–Crippen MR) is 70.9 cm³/mol. The monoisotopic (exact) mass is 263 g/mol. The second-order valence-corrected chi connectivity index (χ2v) is 5.55. The van der Waals surface area contributed by atoms with Crippen LogP contribution in [-0.4, -0.2) is 22.2 Å². The van der Waals surface area contributed by atoms with Crippen LogP contribution in [0.2, 0.25) is 0 Å². The van der Waals surface area contributed by atoms with Gasteiger partial charge in [-0.1, -0.05) is 12.6 Å². The van der Waals surface area contributed by atoms with Crippen molar-refractivity contribution >= 4 is 29.3 Å². The minimum atomic E-state index is -1.00. The number of hydrogen-bond acceptors (Lipinski definition) is 3. The molecule has 2 N–H and O–H groups in total. The van der Waals surface area contributed by atoms with E-state index in [1.807, 2.05) is 19.1 Å². The highest BCUT2D eigenvalue weighted by atomic mass is 32.2. The zero-order valence-corrected chi connectivity index (χ0v) is 10.7. The molecule has 0 spiro atoms. The largest absolute Gasteiger partial charge is 0.478 e. The molecule has 18 heavy (non-hydrogen) atoms. The maximum atomic E-state index is 11.6. The Morgan fingerprint density at radius 1 is 1.56 bits per heavy atom. The van der Waals surface area contributed by atoms with Gasteiger partial charge in [-0.25, -0.2) is 4.79 Å². The van der Waals surface area contributed by atoms with Crippen molar-refractivity contribution in [1.82, 2.24) is 0 Å². The number of aliphatic carboxylic acids is 1. The van der Waals surface area contributed by atoms with Crippen LogP contribution >= 0.6 is 11.8 Å². The minimum Gasteiger partial charge on any atom is -0.478 e. The first-order valence-corrected chi connectivity index (χ1v) is 6.37. The highest BCUT2D eigenvalue weighted by molar-refractivity contribution is 8.00. The van der Waals surface area contributed by atoms with Crippen LogP contribution in [0.3, 0.4) is 0 Å². The van der Waals surface area contributed by atoms with E-state index in [4.69, 9.17) is 5.11 Å². The van der Waals surface area contributed by atoms with Gasteiger partial charge in [0.2, 0.25) is 5.91 Å². The Bertz CT molecular complexity index is 539. The molecular formula is C13H13NO3S. The van der Waals surface area contributed by atoms with Gasteiger partial charge in [0.15, 0.2) is 0 Å². The van der Waals surface area contributed by atoms with E-state index < -0.39 is 5.97 Å². The first kappa shape index (κ1) is 12.7. The molecule has 0 radical (unpaired) electrons. The van der Waals surface area contributed by atoms with Crippen molar-refractivity contribution in [3.05, 3.63) is 35.9 Å². The molecule has 0 fully saturated rings. The number of amides is 1. The number of rotatable bonds is 3. The molecule has 94 valence electrons. The molecule has 1 unspecified atom stereocenters. The molecule has 1 aromatic carbocycles. The number of benzene rings is 1. The topological polar surface area (TPSA) is 66.4 Å². The van der Waals surface area contributed by atoms with Gasteiger partial charge in [-0.05, 0) is 24.6 Å². The number of fused-ring (bicyclic) bond motifs is 1. The van der Waals surface area contributed by atoms with Gasteiger partial charge in [0.05, 0.1) is 10.9 Å². The smallest absolute Gasteiger partial charge is 0.331 e. The normalized spacial score (nSPS) is 17.8. The molecule has 2 rings (SSSR count). The summed E-state index contributed by atoms with van der Waals surface area (Å²) >= 11 is 1.50. The van der Waals surface area contributed by atoms with E-state index in [0.717, 1.165) is 16.1 Å². The molecule has 0 bridgehead atoms. The number of carboxylic acids is 1. The van der Waals surface area contributed by atoms with Gasteiger partial charge >= 0.3 is 5.97 Å². The SMILES string of the molecule is C=C(Cc1ccc2c(c1)NC(=O)C(C)S2)C(=O)O. The van der Waals surface area contributed by atoms with Gasteiger partial charge in [-0.3, -0.25) is 4.79 Å². The summed E-state index contributed by atoms with van der Waals surface area (Å²) in [6.07, 6.45) is 0.276. The molecular weight excluding hydrogens is 250 g/mol. The van der Waals surface area contributed by atoms with Crippen molar-refractivity contribution in [1.29, 1.82) is 0 Å². The Labute approximate surface area is 109 Å². The zero-order valence-electron chi connectivity index (χ0n) is 9.90. The van der Waals surface area contributed by atoms with E-state index in [2.05, 4.69) is 11.9 Å². The third kappa shape index (κ3) is 2.56. The molecule has 0 aromatic heterocycles. The van der Waals surface area contributed by atoms with Crippen LogP contribution in [0.5, 0.6) is 0 Å². The van der Waals surface area contributed by atoms with Crippen LogP contribution in [0, 0.1) is 0 Å². The Morgan fingerprint density at radius 3 is 2.94 bits per heavy atom. The summed E-state index contributed by atoms with van der Waals surface area (Å²) < 4.78 is 0. The molecule has 1 aromatic rings. The van der Waals surface area contributed by atoms with E-state index in [-0.39, 0.29) is 23.2 Å². The number of anilines is 1. The maximum absolute atomic E-state index is 11.6. The van der Waals surface area contributed by atoms with Gasteiger partial charge in [0.25, 0.3) is 0 Å². The molecule has 0 saturated heterocycles. The summed E-state index contributed by atoms with van der Waals surface area (Å²) in [5.41, 5.74) is 1.72. The third-order valence-electron chi connectivity index (χ3n) is 2.69. The second kappa shape index (κ2) is 4.86. The number of carboxylic acid groups (broad SMARTS) is 1. The van der Waals surface area contributed by atoms with Crippen LogP contribution < -0.4 is 5.32 Å². The molecule has 1 aliphatic heterocycles. The van der Waals surface area contributed by atoms with E-state index in [1.165, 1.54) is 11.8 Å². The molecule has 4 nitrogen and oxygen atoms in total. The van der Waals surface area contributed by atoms with Crippen molar-refractivity contribution in [3.8, 4) is 0 Å². The first-order chi connectivity index (χ1) is 8.47. The quantitative estimate of drug-likeness (QED) is 0.821. The maximum Gasteiger partial charge on any atom is 0.331 e. The summed E-state index contributed by atoms with van der Waals surface area (Å²) in [5.74, 6) is -1.03. The van der Waals surface area contributed by atoms with Crippen LogP contribution in [-0.2, 0) is 16.0 Å². The van der Waals surface area contributed by atoms with Crippen LogP contribution in [0.25, 0.3) is 0 Å². The zero-order chi connectivity index (χ0) is 13.3. The molecule has 0 aliphatic carbocycles. The Kier molecular flexibility index (Phi) is 3.43. The molecule has 1 amide bonds. The van der Waals surface area contributed by atoms with E-state index in [9.17, 15) is 9.59 Å². The summed E-state index contributed by atoms with van der Waals surface area (Å²) in [6.45, 7) is 5.35. The number of hydrogen-bond donors (Lipinski definition) is 2. The number of carbonyl (C=O) groups is 2. The van der Waals surface area contributed by atoms with Gasteiger partial charge < -0.3 is 10.4 Å². The summed E-state index contributed by atoms with van der Waals surface area (Å²) in [6, 6.07) is 5.57. The Hall–Kier alpha value is -1.75. The van der Waals surface area contributed by atoms with Crippen LogP contribution in [0.1, 0.15) is 12.5 Å². The van der Waals surface area contributed by atoms with Crippen LogP contribution in [0.15, 0.2) is 35.2 Å². The molecule has 5 heteroatoms. The highest BCUT2D eigenvalue weighted by Crippen LogP contribution is 2.36.